The SMILES string of the molecule is Cc1cc(S(=O)(=O)N2CCOCC2)cc([N+](=O)[O-])c1C. The molecule has 1 fully saturated rings. The highest BCUT2D eigenvalue weighted by Crippen LogP contribution is 2.27. The van der Waals surface area contributed by atoms with Crippen molar-refractivity contribution < 1.29 is 18.1 Å². The van der Waals surface area contributed by atoms with Gasteiger partial charge in [0.1, 0.15) is 0 Å². The monoisotopic (exact) mass is 300 g/mol. The average molecular weight is 300 g/mol. The van der Waals surface area contributed by atoms with Gasteiger partial charge < -0.3 is 4.74 Å². The third kappa shape index (κ3) is 2.67. The number of hydrogen-bond acceptors (Lipinski definition) is 5. The Bertz CT molecular complexity index is 635. The molecule has 1 aromatic rings. The van der Waals surface area contributed by atoms with Crippen molar-refractivity contribution in [3.05, 3.63) is 33.4 Å². The summed E-state index contributed by atoms with van der Waals surface area (Å²) in [5, 5.41) is 11.0. The molecule has 1 saturated heterocycles. The van der Waals surface area contributed by atoms with Crippen LogP contribution in [0.15, 0.2) is 17.0 Å². The normalized spacial score (nSPS) is 17.1. The van der Waals surface area contributed by atoms with Gasteiger partial charge in [-0.1, -0.05) is 0 Å². The van der Waals surface area contributed by atoms with Gasteiger partial charge >= 0.3 is 0 Å². The molecule has 0 atom stereocenters. The molecule has 0 N–H and O–H groups in total. The molecular weight excluding hydrogens is 284 g/mol. The van der Waals surface area contributed by atoms with Crippen molar-refractivity contribution in [3.8, 4) is 0 Å². The van der Waals surface area contributed by atoms with Gasteiger partial charge in [0.05, 0.1) is 23.0 Å². The van der Waals surface area contributed by atoms with Crippen LogP contribution in [0, 0.1) is 24.0 Å². The second-order valence-corrected chi connectivity index (χ2v) is 6.60. The van der Waals surface area contributed by atoms with Crippen molar-refractivity contribution in [3.63, 3.8) is 0 Å². The molecule has 0 spiro atoms. The zero-order valence-electron chi connectivity index (χ0n) is 11.3. The first-order chi connectivity index (χ1) is 9.34. The Labute approximate surface area is 117 Å². The van der Waals surface area contributed by atoms with E-state index in [1.807, 2.05) is 0 Å². The van der Waals surface area contributed by atoms with Crippen molar-refractivity contribution in [2.75, 3.05) is 26.3 Å². The van der Waals surface area contributed by atoms with Crippen LogP contribution in [-0.2, 0) is 14.8 Å². The fourth-order valence-corrected chi connectivity index (χ4v) is 3.60. The van der Waals surface area contributed by atoms with E-state index in [1.165, 1.54) is 10.4 Å². The molecule has 1 aromatic carbocycles. The zero-order chi connectivity index (χ0) is 14.9. The molecule has 20 heavy (non-hydrogen) atoms. The number of morpholine rings is 1. The summed E-state index contributed by atoms with van der Waals surface area (Å²) in [6.45, 7) is 4.49. The van der Waals surface area contributed by atoms with E-state index in [4.69, 9.17) is 4.74 Å². The number of hydrogen-bond donors (Lipinski definition) is 0. The van der Waals surface area contributed by atoms with Gasteiger partial charge in [-0.3, -0.25) is 10.1 Å². The number of sulfonamides is 1. The first-order valence-corrected chi connectivity index (χ1v) is 7.61. The minimum Gasteiger partial charge on any atom is -0.379 e. The Morgan fingerprint density at radius 2 is 1.85 bits per heavy atom. The predicted molar refractivity (Wildman–Crippen MR) is 72.1 cm³/mol. The summed E-state index contributed by atoms with van der Waals surface area (Å²) in [7, 11) is -3.71. The van der Waals surface area contributed by atoms with Crippen molar-refractivity contribution in [1.29, 1.82) is 0 Å². The molecule has 0 aliphatic carbocycles. The molecule has 1 aliphatic rings. The number of nitrogens with zero attached hydrogens (tertiary/aromatic N) is 2. The summed E-state index contributed by atoms with van der Waals surface area (Å²) in [5.41, 5.74) is 0.902. The zero-order valence-corrected chi connectivity index (χ0v) is 12.1. The molecule has 8 heteroatoms. The van der Waals surface area contributed by atoms with E-state index in [2.05, 4.69) is 0 Å². The highest BCUT2D eigenvalue weighted by Gasteiger charge is 2.29. The Morgan fingerprint density at radius 1 is 1.25 bits per heavy atom. The van der Waals surface area contributed by atoms with Crippen molar-refractivity contribution in [1.82, 2.24) is 4.31 Å². The van der Waals surface area contributed by atoms with Gasteiger partial charge in [-0.15, -0.1) is 0 Å². The molecule has 1 heterocycles. The van der Waals surface area contributed by atoms with Gasteiger partial charge in [-0.25, -0.2) is 8.42 Å². The fraction of sp³-hybridized carbons (Fsp3) is 0.500. The number of aryl methyl sites for hydroxylation is 1. The van der Waals surface area contributed by atoms with E-state index in [1.54, 1.807) is 13.8 Å². The van der Waals surface area contributed by atoms with Crippen molar-refractivity contribution >= 4 is 15.7 Å². The van der Waals surface area contributed by atoms with Crippen molar-refractivity contribution in [2.45, 2.75) is 18.7 Å². The number of rotatable bonds is 3. The summed E-state index contributed by atoms with van der Waals surface area (Å²) in [6, 6.07) is 2.61. The molecule has 0 unspecified atom stereocenters. The van der Waals surface area contributed by atoms with Crippen LogP contribution in [0.2, 0.25) is 0 Å². The second-order valence-electron chi connectivity index (χ2n) is 4.66. The Hall–Kier alpha value is -1.51. The predicted octanol–water partition coefficient (Wildman–Crippen LogP) is 1.23. The average Bonchev–Trinajstić information content (AvgIpc) is 2.42. The lowest BCUT2D eigenvalue weighted by Crippen LogP contribution is -2.40. The van der Waals surface area contributed by atoms with Gasteiger partial charge in [-0.05, 0) is 25.5 Å². The third-order valence-electron chi connectivity index (χ3n) is 3.42. The first-order valence-electron chi connectivity index (χ1n) is 6.17. The van der Waals surface area contributed by atoms with Crippen LogP contribution in [0.1, 0.15) is 11.1 Å². The van der Waals surface area contributed by atoms with E-state index in [0.717, 1.165) is 6.07 Å². The summed E-state index contributed by atoms with van der Waals surface area (Å²) in [5.74, 6) is 0. The number of benzene rings is 1. The first kappa shape index (κ1) is 14.9. The van der Waals surface area contributed by atoms with Crippen LogP contribution in [-0.4, -0.2) is 43.9 Å². The summed E-state index contributed by atoms with van der Waals surface area (Å²) < 4.78 is 31.4. The molecule has 0 radical (unpaired) electrons. The topological polar surface area (TPSA) is 89.8 Å². The summed E-state index contributed by atoms with van der Waals surface area (Å²) in [6.07, 6.45) is 0. The van der Waals surface area contributed by atoms with Gasteiger partial charge in [0, 0.05) is 24.7 Å². The number of nitro benzene ring substituents is 1. The number of ether oxygens (including phenoxy) is 1. The van der Waals surface area contributed by atoms with Crippen molar-refractivity contribution in [2.24, 2.45) is 0 Å². The Morgan fingerprint density at radius 3 is 2.40 bits per heavy atom. The lowest BCUT2D eigenvalue weighted by atomic mass is 10.1. The molecule has 2 rings (SSSR count). The van der Waals surface area contributed by atoms with Gasteiger partial charge in [0.25, 0.3) is 5.69 Å². The van der Waals surface area contributed by atoms with E-state index >= 15 is 0 Å². The minimum atomic E-state index is -3.71. The molecule has 0 amide bonds. The van der Waals surface area contributed by atoms with E-state index in [-0.39, 0.29) is 23.7 Å². The molecule has 0 aromatic heterocycles. The van der Waals surface area contributed by atoms with Crippen LogP contribution in [0.5, 0.6) is 0 Å². The smallest absolute Gasteiger partial charge is 0.273 e. The molecule has 7 nitrogen and oxygen atoms in total. The van der Waals surface area contributed by atoms with Crippen LogP contribution >= 0.6 is 0 Å². The largest absolute Gasteiger partial charge is 0.379 e. The molecule has 1 aliphatic heterocycles. The van der Waals surface area contributed by atoms with Crippen LogP contribution < -0.4 is 0 Å². The maximum Gasteiger partial charge on any atom is 0.273 e. The molecular formula is C12H16N2O5S. The van der Waals surface area contributed by atoms with E-state index < -0.39 is 14.9 Å². The minimum absolute atomic E-state index is 0.0331. The van der Waals surface area contributed by atoms with Gasteiger partial charge in [-0.2, -0.15) is 4.31 Å². The van der Waals surface area contributed by atoms with Gasteiger partial charge in [0.15, 0.2) is 0 Å². The second kappa shape index (κ2) is 5.47. The highest BCUT2D eigenvalue weighted by molar-refractivity contribution is 7.89. The van der Waals surface area contributed by atoms with E-state index in [0.29, 0.717) is 24.3 Å². The molecule has 0 bridgehead atoms. The quantitative estimate of drug-likeness (QED) is 0.618. The lowest BCUT2D eigenvalue weighted by Gasteiger charge is -2.26. The van der Waals surface area contributed by atoms with Crippen LogP contribution in [0.25, 0.3) is 0 Å². The highest BCUT2D eigenvalue weighted by atomic mass is 32.2. The lowest BCUT2D eigenvalue weighted by molar-refractivity contribution is -0.385. The Balaban J connectivity index is 2.49. The molecule has 110 valence electrons. The maximum absolute atomic E-state index is 12.5. The maximum atomic E-state index is 12.5. The number of nitro groups is 1. The van der Waals surface area contributed by atoms with E-state index in [9.17, 15) is 18.5 Å². The summed E-state index contributed by atoms with van der Waals surface area (Å²) in [4.78, 5) is 10.4. The standard InChI is InChI=1S/C12H16N2O5S/c1-9-7-11(8-12(10(9)2)14(15)16)20(17,18)13-3-5-19-6-4-13/h7-8H,3-6H2,1-2H3. The van der Waals surface area contributed by atoms with Crippen LogP contribution in [0.4, 0.5) is 5.69 Å². The van der Waals surface area contributed by atoms with Crippen LogP contribution in [0.3, 0.4) is 0 Å². The summed E-state index contributed by atoms with van der Waals surface area (Å²) >= 11 is 0. The van der Waals surface area contributed by atoms with Gasteiger partial charge in [0.2, 0.25) is 10.0 Å². The fourth-order valence-electron chi connectivity index (χ4n) is 2.08. The Kier molecular flexibility index (Phi) is 4.07. The third-order valence-corrected chi connectivity index (χ3v) is 5.29. The molecule has 0 saturated carbocycles.